The summed E-state index contributed by atoms with van der Waals surface area (Å²) < 4.78 is 8.05. The molecule has 1 fully saturated rings. The Labute approximate surface area is 172 Å². The first kappa shape index (κ1) is 19.7. The molecular formula is C25H30N2O2. The van der Waals surface area contributed by atoms with Crippen LogP contribution in [0.25, 0.3) is 22.4 Å². The molecule has 29 heavy (non-hydrogen) atoms. The van der Waals surface area contributed by atoms with Crippen LogP contribution in [0.15, 0.2) is 54.6 Å². The Balaban J connectivity index is 1.61. The standard InChI is InChI=1S/C25H30N2O2/c1-17(2)20-14-13-18(3)15-23(20)29-24(28)16-27-22-12-8-7-11-21(22)26-25(27)19-9-5-4-6-10-19/h4-12,17-18,20,23H,13-16H2,1-3H3/t18-,20?,23-/m1/s1. The fourth-order valence-corrected chi connectivity index (χ4v) is 4.63. The smallest absolute Gasteiger partial charge is 0.326 e. The van der Waals surface area contributed by atoms with Crippen molar-refractivity contribution in [2.75, 3.05) is 0 Å². The predicted octanol–water partition coefficient (Wildman–Crippen LogP) is 5.71. The van der Waals surface area contributed by atoms with Crippen LogP contribution in [0.2, 0.25) is 0 Å². The molecule has 0 bridgehead atoms. The number of rotatable bonds is 5. The van der Waals surface area contributed by atoms with Gasteiger partial charge in [0.05, 0.1) is 11.0 Å². The van der Waals surface area contributed by atoms with Gasteiger partial charge in [-0.3, -0.25) is 4.79 Å². The zero-order chi connectivity index (χ0) is 20.4. The van der Waals surface area contributed by atoms with Crippen molar-refractivity contribution < 1.29 is 9.53 Å². The molecule has 4 rings (SSSR count). The monoisotopic (exact) mass is 390 g/mol. The topological polar surface area (TPSA) is 44.1 Å². The molecular weight excluding hydrogens is 360 g/mol. The van der Waals surface area contributed by atoms with Crippen molar-refractivity contribution in [3.63, 3.8) is 0 Å². The van der Waals surface area contributed by atoms with Gasteiger partial charge in [0, 0.05) is 5.56 Å². The average Bonchev–Trinajstić information content (AvgIpc) is 3.07. The third kappa shape index (κ3) is 4.21. The second-order valence-corrected chi connectivity index (χ2v) is 8.73. The van der Waals surface area contributed by atoms with E-state index in [1.54, 1.807) is 0 Å². The quantitative estimate of drug-likeness (QED) is 0.524. The summed E-state index contributed by atoms with van der Waals surface area (Å²) in [5.74, 6) is 2.21. The Morgan fingerprint density at radius 1 is 1.10 bits per heavy atom. The highest BCUT2D eigenvalue weighted by molar-refractivity contribution is 5.83. The van der Waals surface area contributed by atoms with E-state index in [0.717, 1.165) is 35.3 Å². The van der Waals surface area contributed by atoms with Crippen LogP contribution >= 0.6 is 0 Å². The van der Waals surface area contributed by atoms with E-state index in [4.69, 9.17) is 9.72 Å². The second-order valence-electron chi connectivity index (χ2n) is 8.73. The Morgan fingerprint density at radius 3 is 2.59 bits per heavy atom. The number of fused-ring (bicyclic) bond motifs is 1. The van der Waals surface area contributed by atoms with Gasteiger partial charge in [-0.1, -0.05) is 69.7 Å². The molecule has 1 unspecified atom stereocenters. The minimum Gasteiger partial charge on any atom is -0.461 e. The van der Waals surface area contributed by atoms with Gasteiger partial charge in [-0.25, -0.2) is 4.98 Å². The minimum absolute atomic E-state index is 0.0150. The average molecular weight is 391 g/mol. The van der Waals surface area contributed by atoms with Crippen LogP contribution in [-0.2, 0) is 16.1 Å². The zero-order valence-corrected chi connectivity index (χ0v) is 17.5. The third-order valence-electron chi connectivity index (χ3n) is 6.22. The molecule has 1 aromatic heterocycles. The van der Waals surface area contributed by atoms with Crippen LogP contribution in [0.3, 0.4) is 0 Å². The van der Waals surface area contributed by atoms with E-state index in [1.807, 2.05) is 59.2 Å². The predicted molar refractivity (Wildman–Crippen MR) is 116 cm³/mol. The maximum absolute atomic E-state index is 13.0. The van der Waals surface area contributed by atoms with Crippen molar-refractivity contribution in [3.05, 3.63) is 54.6 Å². The fourth-order valence-electron chi connectivity index (χ4n) is 4.63. The maximum Gasteiger partial charge on any atom is 0.326 e. The van der Waals surface area contributed by atoms with E-state index in [0.29, 0.717) is 17.8 Å². The number of carbonyl (C=O) groups excluding carboxylic acids is 1. The van der Waals surface area contributed by atoms with E-state index in [2.05, 4.69) is 20.8 Å². The highest BCUT2D eigenvalue weighted by atomic mass is 16.5. The van der Waals surface area contributed by atoms with Gasteiger partial charge in [0.25, 0.3) is 0 Å². The number of hydrogen-bond acceptors (Lipinski definition) is 3. The number of benzene rings is 2. The van der Waals surface area contributed by atoms with E-state index in [9.17, 15) is 4.79 Å². The van der Waals surface area contributed by atoms with Gasteiger partial charge >= 0.3 is 5.97 Å². The summed E-state index contributed by atoms with van der Waals surface area (Å²) >= 11 is 0. The molecule has 152 valence electrons. The number of para-hydroxylation sites is 2. The van der Waals surface area contributed by atoms with Gasteiger partial charge in [-0.05, 0) is 42.7 Å². The molecule has 2 aromatic carbocycles. The summed E-state index contributed by atoms with van der Waals surface area (Å²) in [6.07, 6.45) is 3.34. The van der Waals surface area contributed by atoms with Crippen molar-refractivity contribution in [2.24, 2.45) is 17.8 Å². The van der Waals surface area contributed by atoms with Gasteiger partial charge < -0.3 is 9.30 Å². The van der Waals surface area contributed by atoms with Crippen molar-refractivity contribution in [2.45, 2.75) is 52.7 Å². The molecule has 4 nitrogen and oxygen atoms in total. The molecule has 4 heteroatoms. The van der Waals surface area contributed by atoms with Gasteiger partial charge in [0.15, 0.2) is 0 Å². The molecule has 1 saturated carbocycles. The summed E-state index contributed by atoms with van der Waals surface area (Å²) in [6, 6.07) is 18.0. The van der Waals surface area contributed by atoms with E-state index in [-0.39, 0.29) is 18.6 Å². The first-order valence-electron chi connectivity index (χ1n) is 10.7. The van der Waals surface area contributed by atoms with E-state index in [1.165, 1.54) is 6.42 Å². The van der Waals surface area contributed by atoms with Crippen molar-refractivity contribution in [3.8, 4) is 11.4 Å². The number of aromatic nitrogens is 2. The Kier molecular flexibility index (Phi) is 5.70. The van der Waals surface area contributed by atoms with Gasteiger partial charge in [-0.2, -0.15) is 0 Å². The normalized spacial score (nSPS) is 22.1. The molecule has 0 N–H and O–H groups in total. The number of carbonyl (C=O) groups is 1. The number of hydrogen-bond donors (Lipinski definition) is 0. The van der Waals surface area contributed by atoms with Crippen LogP contribution < -0.4 is 0 Å². The summed E-state index contributed by atoms with van der Waals surface area (Å²) in [6.45, 7) is 6.91. The Hall–Kier alpha value is -2.62. The lowest BCUT2D eigenvalue weighted by Crippen LogP contribution is -2.36. The van der Waals surface area contributed by atoms with Crippen LogP contribution in [-0.4, -0.2) is 21.6 Å². The highest BCUT2D eigenvalue weighted by Crippen LogP contribution is 2.35. The minimum atomic E-state index is -0.171. The van der Waals surface area contributed by atoms with Crippen molar-refractivity contribution in [1.82, 2.24) is 9.55 Å². The molecule has 1 aliphatic carbocycles. The molecule has 1 aliphatic rings. The zero-order valence-electron chi connectivity index (χ0n) is 17.5. The van der Waals surface area contributed by atoms with Crippen molar-refractivity contribution >= 4 is 17.0 Å². The largest absolute Gasteiger partial charge is 0.461 e. The van der Waals surface area contributed by atoms with Crippen LogP contribution in [0.4, 0.5) is 0 Å². The van der Waals surface area contributed by atoms with Crippen LogP contribution in [0.5, 0.6) is 0 Å². The fraction of sp³-hybridized carbons (Fsp3) is 0.440. The number of esters is 1. The summed E-state index contributed by atoms with van der Waals surface area (Å²) in [5, 5.41) is 0. The maximum atomic E-state index is 13.0. The lowest BCUT2D eigenvalue weighted by molar-refractivity contribution is -0.156. The molecule has 3 atom stereocenters. The van der Waals surface area contributed by atoms with Gasteiger partial charge in [-0.15, -0.1) is 0 Å². The molecule has 0 aliphatic heterocycles. The van der Waals surface area contributed by atoms with Gasteiger partial charge in [0.2, 0.25) is 0 Å². The molecule has 0 radical (unpaired) electrons. The number of imidazole rings is 1. The highest BCUT2D eigenvalue weighted by Gasteiger charge is 2.33. The Bertz CT molecular complexity index is 977. The number of nitrogens with zero attached hydrogens (tertiary/aromatic N) is 2. The molecule has 3 aromatic rings. The van der Waals surface area contributed by atoms with Crippen molar-refractivity contribution in [1.29, 1.82) is 0 Å². The summed E-state index contributed by atoms with van der Waals surface area (Å²) in [4.78, 5) is 17.8. The third-order valence-corrected chi connectivity index (χ3v) is 6.22. The lowest BCUT2D eigenvalue weighted by Gasteiger charge is -2.36. The Morgan fingerprint density at radius 2 is 1.83 bits per heavy atom. The first-order chi connectivity index (χ1) is 14.0. The van der Waals surface area contributed by atoms with Gasteiger partial charge in [0.1, 0.15) is 18.5 Å². The van der Waals surface area contributed by atoms with E-state index < -0.39 is 0 Å². The molecule has 1 heterocycles. The first-order valence-corrected chi connectivity index (χ1v) is 10.7. The molecule has 0 spiro atoms. The molecule has 0 amide bonds. The van der Waals surface area contributed by atoms with Crippen LogP contribution in [0.1, 0.15) is 40.0 Å². The lowest BCUT2D eigenvalue weighted by atomic mass is 9.75. The van der Waals surface area contributed by atoms with E-state index >= 15 is 0 Å². The van der Waals surface area contributed by atoms with Crippen LogP contribution in [0, 0.1) is 17.8 Å². The summed E-state index contributed by atoms with van der Waals surface area (Å²) in [5.41, 5.74) is 2.86. The number of ether oxygens (including phenoxy) is 1. The second kappa shape index (κ2) is 8.40. The summed E-state index contributed by atoms with van der Waals surface area (Å²) in [7, 11) is 0. The molecule has 0 saturated heterocycles. The SMILES string of the molecule is CC(C)C1CC[C@@H](C)C[C@H]1OC(=O)Cn1c(-c2ccccc2)nc2ccccc21.